The van der Waals surface area contributed by atoms with E-state index in [0.29, 0.717) is 17.9 Å². The van der Waals surface area contributed by atoms with Crippen LogP contribution in [-0.4, -0.2) is 35.8 Å². The number of nitrogens with zero attached hydrogens (tertiary/aromatic N) is 1. The normalized spacial score (nSPS) is 10.7. The summed E-state index contributed by atoms with van der Waals surface area (Å²) in [5.41, 5.74) is 2.49. The molecule has 0 aliphatic carbocycles. The third kappa shape index (κ3) is 5.82. The molecule has 1 aromatic rings. The summed E-state index contributed by atoms with van der Waals surface area (Å²) >= 11 is 0. The lowest BCUT2D eigenvalue weighted by Gasteiger charge is -2.07. The smallest absolute Gasteiger partial charge is 0.329 e. The number of benzene rings is 1. The molecular formula is C15H21N3O4. The summed E-state index contributed by atoms with van der Waals surface area (Å²) in [5, 5.41) is 15.9. The number of hydrogen-bond acceptors (Lipinski definition) is 5. The van der Waals surface area contributed by atoms with Crippen molar-refractivity contribution in [2.24, 2.45) is 5.10 Å². The maximum atomic E-state index is 11.4. The molecule has 22 heavy (non-hydrogen) atoms. The molecule has 0 bridgehead atoms. The summed E-state index contributed by atoms with van der Waals surface area (Å²) in [6.45, 7) is 6.04. The highest BCUT2D eigenvalue weighted by Crippen LogP contribution is 2.22. The van der Waals surface area contributed by atoms with Gasteiger partial charge < -0.3 is 15.2 Å². The largest absolute Gasteiger partial charge is 0.507 e. The topological polar surface area (TPSA) is 100 Å². The molecule has 0 heterocycles. The Kier molecular flexibility index (Phi) is 6.88. The molecule has 3 N–H and O–H groups in total. The Labute approximate surface area is 129 Å². The molecule has 1 rings (SSSR count). The van der Waals surface area contributed by atoms with E-state index in [2.05, 4.69) is 15.8 Å². The number of rotatable bonds is 6. The fourth-order valence-electron chi connectivity index (χ4n) is 1.48. The molecule has 0 radical (unpaired) electrons. The van der Waals surface area contributed by atoms with Gasteiger partial charge in [-0.2, -0.15) is 5.10 Å². The van der Waals surface area contributed by atoms with Crippen LogP contribution in [0.2, 0.25) is 0 Å². The number of carbonyl (C=O) groups is 2. The monoisotopic (exact) mass is 307 g/mol. The summed E-state index contributed by atoms with van der Waals surface area (Å²) in [6, 6.07) is 4.61. The van der Waals surface area contributed by atoms with E-state index < -0.39 is 11.8 Å². The van der Waals surface area contributed by atoms with Gasteiger partial charge >= 0.3 is 11.8 Å². The average molecular weight is 307 g/mol. The van der Waals surface area contributed by atoms with Crippen LogP contribution in [-0.2, 0) is 9.59 Å². The van der Waals surface area contributed by atoms with E-state index in [4.69, 9.17) is 4.74 Å². The van der Waals surface area contributed by atoms with Crippen molar-refractivity contribution in [3.8, 4) is 11.5 Å². The second-order valence-electron chi connectivity index (χ2n) is 4.90. The first-order valence-electron chi connectivity index (χ1n) is 7.03. The number of phenols is 1. The van der Waals surface area contributed by atoms with E-state index in [1.54, 1.807) is 26.0 Å². The minimum absolute atomic E-state index is 0.0294. The van der Waals surface area contributed by atoms with Crippen molar-refractivity contribution in [2.75, 3.05) is 6.61 Å². The number of amides is 2. The Balaban J connectivity index is 2.59. The van der Waals surface area contributed by atoms with E-state index in [1.165, 1.54) is 12.3 Å². The average Bonchev–Trinajstić information content (AvgIpc) is 2.46. The zero-order valence-corrected chi connectivity index (χ0v) is 12.9. The number of aromatic hydroxyl groups is 1. The van der Waals surface area contributed by atoms with Gasteiger partial charge in [0.25, 0.3) is 0 Å². The number of nitrogens with one attached hydrogen (secondary N) is 2. The van der Waals surface area contributed by atoms with E-state index in [-0.39, 0.29) is 11.8 Å². The van der Waals surface area contributed by atoms with Crippen LogP contribution in [0.4, 0.5) is 0 Å². The fraction of sp³-hybridized carbons (Fsp3) is 0.400. The fourth-order valence-corrected chi connectivity index (χ4v) is 1.48. The van der Waals surface area contributed by atoms with Gasteiger partial charge in [0.1, 0.15) is 11.5 Å². The second-order valence-corrected chi connectivity index (χ2v) is 4.90. The van der Waals surface area contributed by atoms with Crippen LogP contribution in [0.15, 0.2) is 23.3 Å². The third-order valence-corrected chi connectivity index (χ3v) is 2.47. The Morgan fingerprint density at radius 3 is 2.68 bits per heavy atom. The van der Waals surface area contributed by atoms with Gasteiger partial charge in [0, 0.05) is 17.7 Å². The number of hydrogen-bond donors (Lipinski definition) is 3. The molecule has 0 aliphatic heterocycles. The van der Waals surface area contributed by atoms with Gasteiger partial charge in [-0.25, -0.2) is 5.43 Å². The molecule has 2 amide bonds. The van der Waals surface area contributed by atoms with Crippen molar-refractivity contribution in [2.45, 2.75) is 33.2 Å². The van der Waals surface area contributed by atoms with Crippen LogP contribution < -0.4 is 15.5 Å². The Morgan fingerprint density at radius 2 is 2.09 bits per heavy atom. The predicted molar refractivity (Wildman–Crippen MR) is 82.9 cm³/mol. The molecule has 0 unspecified atom stereocenters. The maximum absolute atomic E-state index is 11.4. The summed E-state index contributed by atoms with van der Waals surface area (Å²) < 4.78 is 5.37. The zero-order chi connectivity index (χ0) is 16.5. The predicted octanol–water partition coefficient (Wildman–Crippen LogP) is 1.16. The van der Waals surface area contributed by atoms with Crippen molar-refractivity contribution < 1.29 is 19.4 Å². The SMILES string of the molecule is CCCOc1ccc(/C=N/NC(=O)C(=O)NC(C)C)c(O)c1. The van der Waals surface area contributed by atoms with Crippen LogP contribution >= 0.6 is 0 Å². The van der Waals surface area contributed by atoms with Crippen molar-refractivity contribution in [1.82, 2.24) is 10.7 Å². The maximum Gasteiger partial charge on any atom is 0.329 e. The lowest BCUT2D eigenvalue weighted by molar-refractivity contribution is -0.139. The van der Waals surface area contributed by atoms with E-state index in [9.17, 15) is 14.7 Å². The Morgan fingerprint density at radius 1 is 1.36 bits per heavy atom. The summed E-state index contributed by atoms with van der Waals surface area (Å²) in [5.74, 6) is -1.11. The Hall–Kier alpha value is -2.57. The highest BCUT2D eigenvalue weighted by atomic mass is 16.5. The van der Waals surface area contributed by atoms with Crippen molar-refractivity contribution >= 4 is 18.0 Å². The summed E-state index contributed by atoms with van der Waals surface area (Å²) in [4.78, 5) is 22.8. The van der Waals surface area contributed by atoms with Crippen LogP contribution in [0.3, 0.4) is 0 Å². The van der Waals surface area contributed by atoms with Gasteiger partial charge in [-0.05, 0) is 32.4 Å². The van der Waals surface area contributed by atoms with Crippen molar-refractivity contribution in [3.63, 3.8) is 0 Å². The second kappa shape index (κ2) is 8.66. The van der Waals surface area contributed by atoms with Gasteiger partial charge in [0.05, 0.1) is 12.8 Å². The third-order valence-electron chi connectivity index (χ3n) is 2.47. The first-order chi connectivity index (χ1) is 10.4. The standard InChI is InChI=1S/C15H21N3O4/c1-4-7-22-12-6-5-11(13(19)8-12)9-16-18-15(21)14(20)17-10(2)3/h5-6,8-10,19H,4,7H2,1-3H3,(H,17,20)(H,18,21)/b16-9+. The molecule has 0 fully saturated rings. The Bertz CT molecular complexity index is 556. The first kappa shape index (κ1) is 17.5. The van der Waals surface area contributed by atoms with Crippen LogP contribution in [0.5, 0.6) is 11.5 Å². The number of ether oxygens (including phenoxy) is 1. The molecule has 0 saturated heterocycles. The minimum atomic E-state index is -0.868. The number of carbonyl (C=O) groups excluding carboxylic acids is 2. The molecule has 0 spiro atoms. The van der Waals surface area contributed by atoms with Crippen LogP contribution in [0.25, 0.3) is 0 Å². The van der Waals surface area contributed by atoms with Crippen molar-refractivity contribution in [3.05, 3.63) is 23.8 Å². The molecule has 7 nitrogen and oxygen atoms in total. The van der Waals surface area contributed by atoms with Crippen LogP contribution in [0, 0.1) is 0 Å². The van der Waals surface area contributed by atoms with Crippen LogP contribution in [0.1, 0.15) is 32.8 Å². The molecular weight excluding hydrogens is 286 g/mol. The molecule has 1 aromatic carbocycles. The zero-order valence-electron chi connectivity index (χ0n) is 12.9. The molecule has 0 saturated carbocycles. The van der Waals surface area contributed by atoms with Crippen molar-refractivity contribution in [1.29, 1.82) is 0 Å². The van der Waals surface area contributed by atoms with Gasteiger partial charge in [0.15, 0.2) is 0 Å². The van der Waals surface area contributed by atoms with Gasteiger partial charge in [-0.3, -0.25) is 9.59 Å². The highest BCUT2D eigenvalue weighted by Gasteiger charge is 2.13. The molecule has 0 aromatic heterocycles. The molecule has 0 atom stereocenters. The number of hydrazone groups is 1. The molecule has 120 valence electrons. The minimum Gasteiger partial charge on any atom is -0.507 e. The lowest BCUT2D eigenvalue weighted by atomic mass is 10.2. The van der Waals surface area contributed by atoms with E-state index in [1.807, 2.05) is 6.92 Å². The van der Waals surface area contributed by atoms with E-state index >= 15 is 0 Å². The van der Waals surface area contributed by atoms with Gasteiger partial charge in [-0.1, -0.05) is 6.92 Å². The number of phenolic OH excluding ortho intramolecular Hbond substituents is 1. The highest BCUT2D eigenvalue weighted by molar-refractivity contribution is 6.35. The first-order valence-corrected chi connectivity index (χ1v) is 7.03. The summed E-state index contributed by atoms with van der Waals surface area (Å²) in [6.07, 6.45) is 2.12. The summed E-state index contributed by atoms with van der Waals surface area (Å²) in [7, 11) is 0. The van der Waals surface area contributed by atoms with Gasteiger partial charge in [0.2, 0.25) is 0 Å². The molecule has 7 heteroatoms. The quantitative estimate of drug-likeness (QED) is 0.417. The van der Waals surface area contributed by atoms with Gasteiger partial charge in [-0.15, -0.1) is 0 Å². The van der Waals surface area contributed by atoms with E-state index in [0.717, 1.165) is 6.42 Å². The lowest BCUT2D eigenvalue weighted by Crippen LogP contribution is -2.41. The molecule has 0 aliphatic rings.